The van der Waals surface area contributed by atoms with Gasteiger partial charge in [-0.25, -0.2) is 4.79 Å². The van der Waals surface area contributed by atoms with Crippen LogP contribution in [-0.4, -0.2) is 36.6 Å². The molecule has 0 spiro atoms. The zero-order valence-electron chi connectivity index (χ0n) is 15.1. The molecule has 2 rings (SSSR count). The standard InChI is InChI=1S/C19H20N2O6/c1-3-26-10-11-27-19(23)14-6-8-16(9-7-14)20-18(22)15-5-4-13(2)17(12-15)21(24)25/h4-9,12H,3,10-11H2,1-2H3,(H,20,22). The summed E-state index contributed by atoms with van der Waals surface area (Å²) in [6, 6.07) is 10.4. The molecule has 1 N–H and O–H groups in total. The van der Waals surface area contributed by atoms with Crippen LogP contribution in [0.15, 0.2) is 42.5 Å². The van der Waals surface area contributed by atoms with E-state index in [-0.39, 0.29) is 17.9 Å². The average Bonchev–Trinajstić information content (AvgIpc) is 2.65. The number of hydrogen-bond acceptors (Lipinski definition) is 6. The Morgan fingerprint density at radius 3 is 2.37 bits per heavy atom. The topological polar surface area (TPSA) is 108 Å². The molecule has 2 aromatic carbocycles. The van der Waals surface area contributed by atoms with Gasteiger partial charge in [-0.2, -0.15) is 0 Å². The van der Waals surface area contributed by atoms with Crippen molar-refractivity contribution in [2.75, 3.05) is 25.1 Å². The Labute approximate surface area is 156 Å². The molecule has 0 atom stereocenters. The van der Waals surface area contributed by atoms with Crippen LogP contribution in [0, 0.1) is 17.0 Å². The van der Waals surface area contributed by atoms with Crippen molar-refractivity contribution in [2.45, 2.75) is 13.8 Å². The first-order valence-electron chi connectivity index (χ1n) is 8.33. The van der Waals surface area contributed by atoms with Crippen LogP contribution >= 0.6 is 0 Å². The maximum atomic E-state index is 12.3. The number of nitrogens with one attached hydrogen (secondary N) is 1. The van der Waals surface area contributed by atoms with E-state index in [1.54, 1.807) is 19.1 Å². The number of aryl methyl sites for hydroxylation is 1. The van der Waals surface area contributed by atoms with E-state index in [4.69, 9.17) is 9.47 Å². The molecule has 0 aliphatic carbocycles. The number of ether oxygens (including phenoxy) is 2. The Balaban J connectivity index is 2.00. The second kappa shape index (κ2) is 9.44. The van der Waals surface area contributed by atoms with Gasteiger partial charge in [0.2, 0.25) is 0 Å². The largest absolute Gasteiger partial charge is 0.460 e. The van der Waals surface area contributed by atoms with Crippen molar-refractivity contribution in [2.24, 2.45) is 0 Å². The van der Waals surface area contributed by atoms with Crippen molar-refractivity contribution in [1.29, 1.82) is 0 Å². The summed E-state index contributed by atoms with van der Waals surface area (Å²) < 4.78 is 10.1. The number of anilines is 1. The summed E-state index contributed by atoms with van der Waals surface area (Å²) in [5.74, 6) is -0.966. The van der Waals surface area contributed by atoms with Crippen LogP contribution in [0.4, 0.5) is 11.4 Å². The minimum Gasteiger partial charge on any atom is -0.460 e. The number of amides is 1. The third-order valence-corrected chi connectivity index (χ3v) is 3.71. The van der Waals surface area contributed by atoms with Crippen molar-refractivity contribution in [1.82, 2.24) is 0 Å². The summed E-state index contributed by atoms with van der Waals surface area (Å²) in [4.78, 5) is 34.6. The number of nitro groups is 1. The van der Waals surface area contributed by atoms with Crippen molar-refractivity contribution in [3.8, 4) is 0 Å². The van der Waals surface area contributed by atoms with Crippen LogP contribution in [0.2, 0.25) is 0 Å². The molecular weight excluding hydrogens is 352 g/mol. The van der Waals surface area contributed by atoms with Gasteiger partial charge in [0.15, 0.2) is 0 Å². The molecule has 0 aliphatic rings. The first-order valence-corrected chi connectivity index (χ1v) is 8.33. The maximum absolute atomic E-state index is 12.3. The predicted molar refractivity (Wildman–Crippen MR) is 99.0 cm³/mol. The summed E-state index contributed by atoms with van der Waals surface area (Å²) in [6.45, 7) is 4.50. The van der Waals surface area contributed by atoms with E-state index >= 15 is 0 Å². The molecule has 0 bridgehead atoms. The number of carbonyl (C=O) groups excluding carboxylic acids is 2. The number of nitro benzene ring substituents is 1. The third-order valence-electron chi connectivity index (χ3n) is 3.71. The van der Waals surface area contributed by atoms with Crippen LogP contribution in [-0.2, 0) is 9.47 Å². The summed E-state index contributed by atoms with van der Waals surface area (Å²) in [7, 11) is 0. The Morgan fingerprint density at radius 2 is 1.74 bits per heavy atom. The second-order valence-electron chi connectivity index (χ2n) is 5.62. The lowest BCUT2D eigenvalue weighted by atomic mass is 10.1. The van der Waals surface area contributed by atoms with E-state index in [9.17, 15) is 19.7 Å². The van der Waals surface area contributed by atoms with Crippen LogP contribution in [0.3, 0.4) is 0 Å². The molecule has 0 aromatic heterocycles. The van der Waals surface area contributed by atoms with Gasteiger partial charge in [0.1, 0.15) is 6.61 Å². The summed E-state index contributed by atoms with van der Waals surface area (Å²) in [5, 5.41) is 13.6. The lowest BCUT2D eigenvalue weighted by Gasteiger charge is -2.08. The number of esters is 1. The zero-order valence-corrected chi connectivity index (χ0v) is 15.1. The summed E-state index contributed by atoms with van der Waals surface area (Å²) in [5.41, 5.74) is 1.33. The second-order valence-corrected chi connectivity index (χ2v) is 5.62. The van der Waals surface area contributed by atoms with Gasteiger partial charge in [-0.05, 0) is 44.2 Å². The average molecular weight is 372 g/mol. The van der Waals surface area contributed by atoms with E-state index < -0.39 is 16.8 Å². The number of nitrogens with zero attached hydrogens (tertiary/aromatic N) is 1. The summed E-state index contributed by atoms with van der Waals surface area (Å²) >= 11 is 0. The molecule has 142 valence electrons. The van der Waals surface area contributed by atoms with Gasteiger partial charge < -0.3 is 14.8 Å². The number of benzene rings is 2. The molecule has 8 nitrogen and oxygen atoms in total. The zero-order chi connectivity index (χ0) is 19.8. The van der Waals surface area contributed by atoms with Gasteiger partial charge in [0.05, 0.1) is 17.1 Å². The Hall–Kier alpha value is -3.26. The molecule has 1 amide bonds. The Kier molecular flexibility index (Phi) is 7.01. The quantitative estimate of drug-likeness (QED) is 0.329. The Bertz CT molecular complexity index is 833. The normalized spacial score (nSPS) is 10.3. The van der Waals surface area contributed by atoms with Crippen LogP contribution in [0.1, 0.15) is 33.2 Å². The molecule has 0 fully saturated rings. The minimum atomic E-state index is -0.530. The van der Waals surface area contributed by atoms with Gasteiger partial charge in [-0.15, -0.1) is 0 Å². The van der Waals surface area contributed by atoms with Crippen molar-refractivity contribution in [3.05, 3.63) is 69.3 Å². The van der Waals surface area contributed by atoms with Gasteiger partial charge in [0, 0.05) is 29.5 Å². The highest BCUT2D eigenvalue weighted by Gasteiger charge is 2.15. The smallest absolute Gasteiger partial charge is 0.338 e. The molecule has 0 saturated heterocycles. The monoisotopic (exact) mass is 372 g/mol. The summed E-state index contributed by atoms with van der Waals surface area (Å²) in [6.07, 6.45) is 0. The molecule has 0 radical (unpaired) electrons. The van der Waals surface area contributed by atoms with Crippen LogP contribution in [0.5, 0.6) is 0 Å². The number of rotatable bonds is 8. The highest BCUT2D eigenvalue weighted by atomic mass is 16.6. The molecule has 2 aromatic rings. The predicted octanol–water partition coefficient (Wildman–Crippen LogP) is 3.35. The molecule has 0 saturated carbocycles. The highest BCUT2D eigenvalue weighted by Crippen LogP contribution is 2.20. The first-order chi connectivity index (χ1) is 12.9. The van der Waals surface area contributed by atoms with Crippen molar-refractivity contribution in [3.63, 3.8) is 0 Å². The van der Waals surface area contributed by atoms with Crippen molar-refractivity contribution >= 4 is 23.3 Å². The van der Waals surface area contributed by atoms with E-state index in [1.165, 1.54) is 30.3 Å². The lowest BCUT2D eigenvalue weighted by molar-refractivity contribution is -0.385. The Morgan fingerprint density at radius 1 is 1.07 bits per heavy atom. The highest BCUT2D eigenvalue weighted by molar-refractivity contribution is 6.05. The molecule has 27 heavy (non-hydrogen) atoms. The number of hydrogen-bond donors (Lipinski definition) is 1. The van der Waals surface area contributed by atoms with Gasteiger partial charge in [-0.3, -0.25) is 14.9 Å². The molecule has 0 unspecified atom stereocenters. The minimum absolute atomic E-state index is 0.118. The van der Waals surface area contributed by atoms with Gasteiger partial charge in [-0.1, -0.05) is 6.07 Å². The SMILES string of the molecule is CCOCCOC(=O)c1ccc(NC(=O)c2ccc(C)c([N+](=O)[O-])c2)cc1. The fourth-order valence-corrected chi connectivity index (χ4v) is 2.26. The maximum Gasteiger partial charge on any atom is 0.338 e. The van der Waals surface area contributed by atoms with E-state index in [2.05, 4.69) is 5.32 Å². The molecular formula is C19H20N2O6. The van der Waals surface area contributed by atoms with Gasteiger partial charge in [0.25, 0.3) is 11.6 Å². The lowest BCUT2D eigenvalue weighted by Crippen LogP contribution is -2.13. The molecule has 0 heterocycles. The van der Waals surface area contributed by atoms with Gasteiger partial charge >= 0.3 is 5.97 Å². The fourth-order valence-electron chi connectivity index (χ4n) is 2.26. The molecule has 0 aliphatic heterocycles. The molecule has 8 heteroatoms. The van der Waals surface area contributed by atoms with E-state index in [0.29, 0.717) is 30.0 Å². The number of carbonyl (C=O) groups is 2. The van der Waals surface area contributed by atoms with Crippen molar-refractivity contribution < 1.29 is 24.0 Å². The third kappa shape index (κ3) is 5.61. The fraction of sp³-hybridized carbons (Fsp3) is 0.263. The van der Waals surface area contributed by atoms with Crippen LogP contribution in [0.25, 0.3) is 0 Å². The van der Waals surface area contributed by atoms with E-state index in [1.807, 2.05) is 6.92 Å². The first kappa shape index (κ1) is 20.1. The van der Waals surface area contributed by atoms with Crippen LogP contribution < -0.4 is 5.32 Å². The van der Waals surface area contributed by atoms with E-state index in [0.717, 1.165) is 0 Å².